The van der Waals surface area contributed by atoms with Gasteiger partial charge >= 0.3 is 6.18 Å². The third-order valence-electron chi connectivity index (χ3n) is 5.90. The molecule has 1 amide bonds. The lowest BCUT2D eigenvalue weighted by molar-refractivity contribution is -0.131. The number of carbonyl (C=O) groups excluding carboxylic acids is 1. The summed E-state index contributed by atoms with van der Waals surface area (Å²) in [4.78, 5) is 17.2. The Kier molecular flexibility index (Phi) is 7.09. The zero-order chi connectivity index (χ0) is 27.6. The van der Waals surface area contributed by atoms with Crippen molar-refractivity contribution in [1.29, 1.82) is 0 Å². The molecule has 1 saturated carbocycles. The molecule has 0 atom stereocenters. The quantitative estimate of drug-likeness (QED) is 0.285. The van der Waals surface area contributed by atoms with Crippen LogP contribution in [0.5, 0.6) is 23.1 Å². The van der Waals surface area contributed by atoms with Gasteiger partial charge in [-0.1, -0.05) is 0 Å². The second-order valence-corrected chi connectivity index (χ2v) is 8.74. The van der Waals surface area contributed by atoms with Crippen LogP contribution in [0, 0.1) is 0 Å². The molecule has 0 saturated heterocycles. The number of rotatable bonds is 10. The van der Waals surface area contributed by atoms with Crippen LogP contribution < -0.4 is 24.8 Å². The Bertz CT molecular complexity index is 1490. The first-order chi connectivity index (χ1) is 18.7. The fourth-order valence-corrected chi connectivity index (χ4v) is 3.82. The van der Waals surface area contributed by atoms with Crippen molar-refractivity contribution in [2.75, 3.05) is 31.4 Å². The molecule has 0 spiro atoms. The fourth-order valence-electron chi connectivity index (χ4n) is 3.82. The second kappa shape index (κ2) is 10.6. The summed E-state index contributed by atoms with van der Waals surface area (Å²) in [5.74, 6) is 1.11. The number of pyridine rings is 1. The zero-order valence-electron chi connectivity index (χ0n) is 21.0. The highest BCUT2D eigenvalue weighted by molar-refractivity contribution is 6.06. The Morgan fingerprint density at radius 1 is 1.08 bits per heavy atom. The molecule has 1 aromatic carbocycles. The maximum atomic E-state index is 12.9. The normalized spacial score (nSPS) is 13.3. The van der Waals surface area contributed by atoms with Gasteiger partial charge in [0.2, 0.25) is 5.88 Å². The van der Waals surface area contributed by atoms with E-state index >= 15 is 0 Å². The van der Waals surface area contributed by atoms with Gasteiger partial charge in [-0.15, -0.1) is 10.2 Å². The van der Waals surface area contributed by atoms with Crippen molar-refractivity contribution in [3.8, 4) is 23.1 Å². The van der Waals surface area contributed by atoms with Crippen molar-refractivity contribution in [3.63, 3.8) is 0 Å². The van der Waals surface area contributed by atoms with Crippen LogP contribution in [0.2, 0.25) is 0 Å². The molecule has 39 heavy (non-hydrogen) atoms. The molecule has 0 radical (unpaired) electrons. The van der Waals surface area contributed by atoms with Gasteiger partial charge in [0.05, 0.1) is 37.9 Å². The summed E-state index contributed by atoms with van der Waals surface area (Å²) in [5, 5.41) is 18.2. The number of alkyl halides is 3. The van der Waals surface area contributed by atoms with Crippen molar-refractivity contribution in [2.24, 2.45) is 0 Å². The molecule has 14 heteroatoms. The maximum Gasteiger partial charge on any atom is 0.390 e. The van der Waals surface area contributed by atoms with E-state index in [1.165, 1.54) is 26.4 Å². The summed E-state index contributed by atoms with van der Waals surface area (Å²) >= 11 is 0. The Morgan fingerprint density at radius 2 is 1.85 bits per heavy atom. The molecule has 0 bridgehead atoms. The number of anilines is 2. The van der Waals surface area contributed by atoms with E-state index < -0.39 is 18.5 Å². The number of benzene rings is 1. The van der Waals surface area contributed by atoms with Crippen LogP contribution >= 0.6 is 0 Å². The molecule has 4 aromatic rings. The predicted octanol–water partition coefficient (Wildman–Crippen LogP) is 4.98. The van der Waals surface area contributed by atoms with E-state index in [0.29, 0.717) is 28.2 Å². The lowest BCUT2D eigenvalue weighted by Crippen LogP contribution is -2.18. The van der Waals surface area contributed by atoms with Gasteiger partial charge in [-0.3, -0.25) is 14.5 Å². The third-order valence-corrected chi connectivity index (χ3v) is 5.90. The number of nitrogens with zero attached hydrogens (tertiary/aromatic N) is 5. The van der Waals surface area contributed by atoms with Gasteiger partial charge in [0, 0.05) is 36.5 Å². The average Bonchev–Trinajstić information content (AvgIpc) is 3.68. The molecular formula is C25H24F3N7O4. The number of halogens is 3. The Labute approximate surface area is 220 Å². The average molecular weight is 544 g/mol. The molecule has 1 aliphatic carbocycles. The molecule has 5 rings (SSSR count). The molecule has 3 heterocycles. The van der Waals surface area contributed by atoms with E-state index in [9.17, 15) is 18.0 Å². The minimum Gasteiger partial charge on any atom is -0.493 e. The van der Waals surface area contributed by atoms with Crippen LogP contribution in [0.25, 0.3) is 10.9 Å². The van der Waals surface area contributed by atoms with Crippen molar-refractivity contribution in [2.45, 2.75) is 31.5 Å². The summed E-state index contributed by atoms with van der Waals surface area (Å²) < 4.78 is 55.9. The lowest BCUT2D eigenvalue weighted by Gasteiger charge is -2.12. The molecule has 1 fully saturated rings. The van der Waals surface area contributed by atoms with E-state index in [2.05, 4.69) is 30.9 Å². The molecular weight excluding hydrogens is 519 g/mol. The second-order valence-electron chi connectivity index (χ2n) is 8.74. The van der Waals surface area contributed by atoms with Crippen LogP contribution in [0.1, 0.15) is 35.8 Å². The van der Waals surface area contributed by atoms with Crippen LogP contribution in [0.15, 0.2) is 42.7 Å². The van der Waals surface area contributed by atoms with E-state index in [0.717, 1.165) is 12.8 Å². The van der Waals surface area contributed by atoms with Crippen LogP contribution in [0.4, 0.5) is 24.7 Å². The van der Waals surface area contributed by atoms with Gasteiger partial charge in [0.15, 0.2) is 23.0 Å². The number of ether oxygens (including phenoxy) is 3. The monoisotopic (exact) mass is 543 g/mol. The van der Waals surface area contributed by atoms with Gasteiger partial charge in [0.25, 0.3) is 5.91 Å². The predicted molar refractivity (Wildman–Crippen MR) is 135 cm³/mol. The highest BCUT2D eigenvalue weighted by Crippen LogP contribution is 2.37. The first-order valence-corrected chi connectivity index (χ1v) is 12.0. The largest absolute Gasteiger partial charge is 0.493 e. The fraction of sp³-hybridized carbons (Fsp3) is 0.320. The minimum absolute atomic E-state index is 0.0289. The van der Waals surface area contributed by atoms with E-state index in [-0.39, 0.29) is 35.7 Å². The molecule has 11 nitrogen and oxygen atoms in total. The number of methoxy groups -OCH3 is 2. The van der Waals surface area contributed by atoms with E-state index in [4.69, 9.17) is 14.2 Å². The highest BCUT2D eigenvalue weighted by Gasteiger charge is 2.29. The Morgan fingerprint density at radius 3 is 2.51 bits per heavy atom. The summed E-state index contributed by atoms with van der Waals surface area (Å²) in [6.07, 6.45) is -0.442. The van der Waals surface area contributed by atoms with Gasteiger partial charge in [0.1, 0.15) is 5.75 Å². The van der Waals surface area contributed by atoms with Gasteiger partial charge in [-0.25, -0.2) is 0 Å². The first-order valence-electron chi connectivity index (χ1n) is 12.0. The SMILES string of the molecule is COc1cc2nccc(Oc3ccc(NC(=O)c4nn(C5CC5)cc4NCCC(F)(F)F)nn3)c2cc1OC. The number of amides is 1. The molecule has 204 valence electrons. The van der Waals surface area contributed by atoms with E-state index in [1.54, 1.807) is 35.3 Å². The number of hydrogen-bond acceptors (Lipinski definition) is 9. The van der Waals surface area contributed by atoms with Gasteiger partial charge in [-0.2, -0.15) is 18.3 Å². The molecule has 1 aliphatic rings. The smallest absolute Gasteiger partial charge is 0.390 e. The summed E-state index contributed by atoms with van der Waals surface area (Å²) in [6, 6.07) is 8.26. The zero-order valence-corrected chi connectivity index (χ0v) is 21.0. The lowest BCUT2D eigenvalue weighted by atomic mass is 10.2. The maximum absolute atomic E-state index is 12.9. The number of aromatic nitrogens is 5. The van der Waals surface area contributed by atoms with Crippen LogP contribution in [-0.2, 0) is 0 Å². The molecule has 0 aliphatic heterocycles. The molecule has 2 N–H and O–H groups in total. The first kappa shape index (κ1) is 26.0. The Balaban J connectivity index is 1.29. The van der Waals surface area contributed by atoms with Gasteiger partial charge in [-0.05, 0) is 31.0 Å². The highest BCUT2D eigenvalue weighted by atomic mass is 19.4. The Hall–Kier alpha value is -4.62. The number of fused-ring (bicyclic) bond motifs is 1. The van der Waals surface area contributed by atoms with Crippen LogP contribution in [0.3, 0.4) is 0 Å². The summed E-state index contributed by atoms with van der Waals surface area (Å²) in [5.41, 5.74) is 0.805. The molecule has 3 aromatic heterocycles. The standard InChI is InChI=1S/C25H24F3N7O4/c1-37-19-11-15-16(12-20(19)38-2)29-9-7-18(15)39-22-6-5-21(32-33-22)31-24(36)23-17(30-10-8-25(26,27)28)13-35(34-23)14-3-4-14/h5-7,9,11-14,30H,3-4,8,10H2,1-2H3,(H,31,32,36). The van der Waals surface area contributed by atoms with Gasteiger partial charge < -0.3 is 24.8 Å². The van der Waals surface area contributed by atoms with Crippen molar-refractivity contribution < 1.29 is 32.2 Å². The molecule has 0 unspecified atom stereocenters. The van der Waals surface area contributed by atoms with E-state index in [1.807, 2.05) is 0 Å². The van der Waals surface area contributed by atoms with Crippen LogP contribution in [-0.4, -0.2) is 57.8 Å². The summed E-state index contributed by atoms with van der Waals surface area (Å²) in [7, 11) is 3.06. The van der Waals surface area contributed by atoms with Crippen molar-refractivity contribution in [1.82, 2.24) is 25.0 Å². The number of nitrogens with one attached hydrogen (secondary N) is 2. The summed E-state index contributed by atoms with van der Waals surface area (Å²) in [6.45, 7) is -0.381. The topological polar surface area (TPSA) is 125 Å². The number of hydrogen-bond donors (Lipinski definition) is 2. The van der Waals surface area contributed by atoms with Crippen molar-refractivity contribution >= 4 is 28.3 Å². The minimum atomic E-state index is -4.32. The third kappa shape index (κ3) is 6.10. The van der Waals surface area contributed by atoms with Crippen molar-refractivity contribution in [3.05, 3.63) is 48.4 Å². The number of carbonyl (C=O) groups is 1.